The predicted molar refractivity (Wildman–Crippen MR) is 191 cm³/mol. The molecule has 0 saturated carbocycles. The van der Waals surface area contributed by atoms with Crippen molar-refractivity contribution in [3.8, 4) is 23.0 Å². The van der Waals surface area contributed by atoms with Gasteiger partial charge in [-0.1, -0.05) is 24.3 Å². The van der Waals surface area contributed by atoms with Crippen LogP contribution < -0.4 is 4.74 Å². The SMILES string of the molecule is CCO[PH]1(COc2ccc(C[C@@H]3[C@H](O)[C@@H](O)[C@@H](Cc4ccc(O)cc4)N(Cc4ccc(O)cc4)C(=O)N3Cc3ccc(O)cc3)cc2)OC(C)O1. The van der Waals surface area contributed by atoms with Gasteiger partial charge in [0.05, 0.1) is 0 Å². The molecule has 0 spiro atoms. The molecule has 4 aromatic rings. The Balaban J connectivity index is 1.31. The number of aromatic hydroxyl groups is 3. The molecule has 12 nitrogen and oxygen atoms in total. The summed E-state index contributed by atoms with van der Waals surface area (Å²) in [6, 6.07) is 24.7. The van der Waals surface area contributed by atoms with Crippen LogP contribution in [-0.2, 0) is 39.5 Å². The molecule has 0 aromatic heterocycles. The number of aliphatic hydroxyl groups is 2. The Labute approximate surface area is 297 Å². The molecule has 2 amide bonds. The van der Waals surface area contributed by atoms with Gasteiger partial charge in [-0.15, -0.1) is 0 Å². The van der Waals surface area contributed by atoms with Crippen molar-refractivity contribution in [3.63, 3.8) is 0 Å². The van der Waals surface area contributed by atoms with Gasteiger partial charge in [0.1, 0.15) is 17.2 Å². The van der Waals surface area contributed by atoms with E-state index in [1.807, 2.05) is 19.1 Å². The van der Waals surface area contributed by atoms with Crippen molar-refractivity contribution in [2.24, 2.45) is 0 Å². The number of ether oxygens (including phenoxy) is 1. The van der Waals surface area contributed by atoms with Crippen molar-refractivity contribution >= 4 is 14.0 Å². The third-order valence-electron chi connectivity index (χ3n) is 9.23. The summed E-state index contributed by atoms with van der Waals surface area (Å²) < 4.78 is 23.2. The molecule has 5 N–H and O–H groups in total. The predicted octanol–water partition coefficient (Wildman–Crippen LogP) is 5.45. The van der Waals surface area contributed by atoms with E-state index < -0.39 is 38.3 Å². The van der Waals surface area contributed by atoms with E-state index in [1.165, 1.54) is 24.3 Å². The Morgan fingerprint density at radius 1 is 0.647 bits per heavy atom. The number of carbonyl (C=O) groups excluding carboxylic acids is 1. The van der Waals surface area contributed by atoms with E-state index in [1.54, 1.807) is 77.4 Å². The molecule has 0 radical (unpaired) electrons. The van der Waals surface area contributed by atoms with Gasteiger partial charge in [0.25, 0.3) is 0 Å². The van der Waals surface area contributed by atoms with E-state index in [0.29, 0.717) is 12.4 Å². The second kappa shape index (κ2) is 15.9. The summed E-state index contributed by atoms with van der Waals surface area (Å²) >= 11 is 0. The van der Waals surface area contributed by atoms with Crippen LogP contribution in [0.3, 0.4) is 0 Å². The molecular formula is C38H45N2O10P. The minimum absolute atomic E-state index is 0.0812. The summed E-state index contributed by atoms with van der Waals surface area (Å²) in [5.41, 5.74) is 3.00. The second-order valence-electron chi connectivity index (χ2n) is 12.9. The third kappa shape index (κ3) is 8.73. The molecule has 4 atom stereocenters. The maximum absolute atomic E-state index is 14.8. The molecule has 2 fully saturated rings. The van der Waals surface area contributed by atoms with Crippen LogP contribution in [-0.4, -0.2) is 84.9 Å². The van der Waals surface area contributed by atoms with Crippen LogP contribution in [0, 0.1) is 0 Å². The van der Waals surface area contributed by atoms with Gasteiger partial charge in [0.15, 0.2) is 0 Å². The first-order valence-electron chi connectivity index (χ1n) is 17.0. The third-order valence-corrected chi connectivity index (χ3v) is 11.8. The fraction of sp³-hybridized carbons (Fsp3) is 0.342. The Kier molecular flexibility index (Phi) is 11.3. The van der Waals surface area contributed by atoms with Crippen molar-refractivity contribution < 1.29 is 48.6 Å². The number of carbonyl (C=O) groups is 1. The summed E-state index contributed by atoms with van der Waals surface area (Å²) in [7, 11) is -2.87. The van der Waals surface area contributed by atoms with Gasteiger partial charge in [-0.2, -0.15) is 0 Å². The number of phenols is 3. The van der Waals surface area contributed by atoms with Crippen LogP contribution in [0.2, 0.25) is 0 Å². The number of hydrogen-bond donors (Lipinski definition) is 5. The molecule has 2 saturated heterocycles. The molecule has 0 bridgehead atoms. The Bertz CT molecular complexity index is 1730. The average Bonchev–Trinajstić information content (AvgIpc) is 3.17. The summed E-state index contributed by atoms with van der Waals surface area (Å²) in [4.78, 5) is 18.0. The number of amides is 2. The second-order valence-corrected chi connectivity index (χ2v) is 15.3. The van der Waals surface area contributed by atoms with Gasteiger partial charge in [-0.25, -0.2) is 0 Å². The van der Waals surface area contributed by atoms with Crippen LogP contribution in [0.15, 0.2) is 97.1 Å². The van der Waals surface area contributed by atoms with E-state index in [4.69, 9.17) is 18.3 Å². The summed E-state index contributed by atoms with van der Waals surface area (Å²) in [6.07, 6.45) is -2.48. The molecule has 4 aromatic carbocycles. The van der Waals surface area contributed by atoms with E-state index in [9.17, 15) is 30.3 Å². The molecular weight excluding hydrogens is 675 g/mol. The zero-order valence-electron chi connectivity index (χ0n) is 28.5. The molecule has 2 heterocycles. The first kappa shape index (κ1) is 36.4. The molecule has 6 rings (SSSR count). The van der Waals surface area contributed by atoms with E-state index >= 15 is 0 Å². The van der Waals surface area contributed by atoms with Crippen LogP contribution >= 0.6 is 7.94 Å². The molecule has 0 unspecified atom stereocenters. The van der Waals surface area contributed by atoms with Gasteiger partial charge in [-0.3, -0.25) is 0 Å². The van der Waals surface area contributed by atoms with Gasteiger partial charge in [0.2, 0.25) is 0 Å². The van der Waals surface area contributed by atoms with Crippen molar-refractivity contribution in [1.29, 1.82) is 0 Å². The number of hydrogen-bond acceptors (Lipinski definition) is 10. The van der Waals surface area contributed by atoms with Crippen LogP contribution in [0.5, 0.6) is 23.0 Å². The van der Waals surface area contributed by atoms with E-state index in [0.717, 1.165) is 22.3 Å². The molecule has 2 aliphatic heterocycles. The van der Waals surface area contributed by atoms with Gasteiger partial charge in [0, 0.05) is 0 Å². The standard InChI is InChI=1S/C38H45N2O10P/c1-3-48-51(49-25(2)50-51)24-47-33-18-10-27(11-19-33)21-35-37(45)36(44)34(20-26-4-12-30(41)13-5-26)39(22-28-6-14-31(42)15-7-28)38(46)40(35)23-29-8-16-32(43)17-9-29/h4-19,25,34-37,41-45,51H,3,20-24H2,1-2H3/t34-,35-,36+,37+/m1/s1. The number of benzene rings is 4. The molecule has 272 valence electrons. The molecule has 2 aliphatic rings. The normalized spacial score (nSPS) is 23.7. The van der Waals surface area contributed by atoms with Crippen LogP contribution in [0.25, 0.3) is 0 Å². The number of phenolic OH excluding ortho intramolecular Hbond substituents is 3. The van der Waals surface area contributed by atoms with Crippen molar-refractivity contribution in [3.05, 3.63) is 119 Å². The molecule has 0 aliphatic carbocycles. The molecule has 13 heteroatoms. The summed E-state index contributed by atoms with van der Waals surface area (Å²) in [6.45, 7) is 4.30. The first-order chi connectivity index (χ1) is 24.5. The topological polar surface area (TPSA) is 162 Å². The summed E-state index contributed by atoms with van der Waals surface area (Å²) in [5, 5.41) is 53.7. The van der Waals surface area contributed by atoms with Crippen molar-refractivity contribution in [1.82, 2.24) is 9.80 Å². The molecule has 51 heavy (non-hydrogen) atoms. The fourth-order valence-electron chi connectivity index (χ4n) is 6.62. The number of nitrogens with zero attached hydrogens (tertiary/aromatic N) is 2. The van der Waals surface area contributed by atoms with Crippen molar-refractivity contribution in [2.45, 2.75) is 70.4 Å². The monoisotopic (exact) mass is 720 g/mol. The zero-order valence-corrected chi connectivity index (χ0v) is 29.5. The summed E-state index contributed by atoms with van der Waals surface area (Å²) in [5.74, 6) is 0.823. The fourth-order valence-corrected chi connectivity index (χ4v) is 8.79. The number of rotatable bonds is 13. The van der Waals surface area contributed by atoms with Crippen molar-refractivity contribution in [2.75, 3.05) is 13.0 Å². The van der Waals surface area contributed by atoms with Gasteiger partial charge < -0.3 is 15.3 Å². The Hall–Kier alpha value is -4.42. The maximum atomic E-state index is 14.8. The zero-order chi connectivity index (χ0) is 36.1. The van der Waals surface area contributed by atoms with E-state index in [2.05, 4.69) is 0 Å². The van der Waals surface area contributed by atoms with Crippen LogP contribution in [0.1, 0.15) is 36.1 Å². The Morgan fingerprint density at radius 3 is 1.43 bits per heavy atom. The number of urea groups is 1. The Morgan fingerprint density at radius 2 is 1.04 bits per heavy atom. The minimum atomic E-state index is -2.87. The van der Waals surface area contributed by atoms with Crippen LogP contribution in [0.4, 0.5) is 4.79 Å². The quantitative estimate of drug-likeness (QED) is 0.112. The number of aliphatic hydroxyl groups excluding tert-OH is 2. The van der Waals surface area contributed by atoms with Gasteiger partial charge in [-0.05, 0) is 47.5 Å². The van der Waals surface area contributed by atoms with E-state index in [-0.39, 0.29) is 55.8 Å². The first-order valence-corrected chi connectivity index (χ1v) is 18.9. The average molecular weight is 721 g/mol. The van der Waals surface area contributed by atoms with Gasteiger partial charge >= 0.3 is 194 Å².